The quantitative estimate of drug-likeness (QED) is 0.492. The van der Waals surface area contributed by atoms with Crippen molar-refractivity contribution in [3.8, 4) is 0 Å². The first kappa shape index (κ1) is 4.68. The highest BCUT2D eigenvalue weighted by atomic mass is 35.5. The molecule has 0 bridgehead atoms. The Morgan fingerprint density at radius 1 is 1.50 bits per heavy atom. The molecular formula is C8H9ClS. The zero-order valence-corrected chi connectivity index (χ0v) is 6.88. The summed E-state index contributed by atoms with van der Waals surface area (Å²) in [4.78, 5) is 0.744. The lowest BCUT2D eigenvalue weighted by Gasteiger charge is -1.96. The van der Waals surface area contributed by atoms with E-state index >= 15 is 0 Å². The zero-order chi connectivity index (χ0) is 9.90. The van der Waals surface area contributed by atoms with Crippen molar-refractivity contribution in [3.63, 3.8) is 0 Å². The second-order valence-corrected chi connectivity index (χ2v) is 2.82. The molecular weight excluding hydrogens is 164 g/mol. The second kappa shape index (κ2) is 3.89. The van der Waals surface area contributed by atoms with Crippen LogP contribution in [0, 0.1) is 0 Å². The first-order chi connectivity index (χ1) is 6.01. The zero-order valence-electron chi connectivity index (χ0n) is 8.30. The van der Waals surface area contributed by atoms with E-state index in [1.807, 2.05) is 12.1 Å². The van der Waals surface area contributed by atoms with Crippen LogP contribution in [-0.4, -0.2) is 6.18 Å². The van der Waals surface area contributed by atoms with Gasteiger partial charge >= 0.3 is 0 Å². The molecule has 0 spiro atoms. The smallest absolute Gasteiger partial charge is 0.0474 e. The van der Waals surface area contributed by atoms with Crippen molar-refractivity contribution in [1.82, 2.24) is 0 Å². The third kappa shape index (κ3) is 1.93. The number of alkyl halides is 1. The monoisotopic (exact) mass is 175 g/mol. The molecule has 0 N–H and O–H groups in total. The van der Waals surface area contributed by atoms with Crippen molar-refractivity contribution in [1.29, 1.82) is 0 Å². The van der Waals surface area contributed by atoms with Gasteiger partial charge in [-0.2, -0.15) is 0 Å². The molecule has 0 radical (unpaired) electrons. The van der Waals surface area contributed by atoms with Crippen LogP contribution in [0.4, 0.5) is 0 Å². The van der Waals surface area contributed by atoms with Gasteiger partial charge < -0.3 is 0 Å². The Bertz CT molecular complexity index is 268. The summed E-state index contributed by atoms with van der Waals surface area (Å²) in [6.45, 7) is 0. The van der Waals surface area contributed by atoms with Gasteiger partial charge in [-0.1, -0.05) is 12.1 Å². The fourth-order valence-electron chi connectivity index (χ4n) is 0.647. The van der Waals surface area contributed by atoms with Gasteiger partial charge in [0.2, 0.25) is 0 Å². The summed E-state index contributed by atoms with van der Waals surface area (Å²) >= 11 is 6.47. The van der Waals surface area contributed by atoms with Gasteiger partial charge in [0.05, 0.1) is 0 Å². The van der Waals surface area contributed by atoms with E-state index in [0.717, 1.165) is 22.2 Å². The first-order valence-corrected chi connectivity index (χ1v) is 4.20. The molecule has 1 aromatic carbocycles. The standard InChI is InChI=1S/C8H9ClS/c1-10-8-4-2-7(6-9)3-5-8/h2-5H,6H2,1H3/i1D3. The topological polar surface area (TPSA) is 0 Å². The largest absolute Gasteiger partial charge is 0.130 e. The minimum absolute atomic E-state index is 0.457. The average Bonchev–Trinajstić information content (AvgIpc) is 2.03. The van der Waals surface area contributed by atoms with Crippen LogP contribution in [0.2, 0.25) is 0 Å². The predicted octanol–water partition coefficient (Wildman–Crippen LogP) is 3.15. The van der Waals surface area contributed by atoms with Crippen molar-refractivity contribution >= 4 is 23.4 Å². The summed E-state index contributed by atoms with van der Waals surface area (Å²) in [7, 11) is 0. The van der Waals surface area contributed by atoms with Crippen LogP contribution >= 0.6 is 23.4 Å². The van der Waals surface area contributed by atoms with Crippen LogP contribution in [0.15, 0.2) is 29.2 Å². The summed E-state index contributed by atoms with van der Waals surface area (Å²) in [6, 6.07) is 7.21. The maximum absolute atomic E-state index is 7.04. The summed E-state index contributed by atoms with van der Waals surface area (Å²) in [5.41, 5.74) is 0.997. The lowest BCUT2D eigenvalue weighted by molar-refractivity contribution is 1.34. The molecule has 0 aliphatic heterocycles. The van der Waals surface area contributed by atoms with E-state index in [-0.39, 0.29) is 0 Å². The Morgan fingerprint density at radius 2 is 2.20 bits per heavy atom. The summed E-state index contributed by atoms with van der Waals surface area (Å²) in [6.07, 6.45) is -1.97. The Labute approximate surface area is 74.8 Å². The maximum atomic E-state index is 7.04. The maximum Gasteiger partial charge on any atom is 0.0474 e. The van der Waals surface area contributed by atoms with E-state index in [2.05, 4.69) is 0 Å². The van der Waals surface area contributed by atoms with Gasteiger partial charge in [-0.05, 0) is 23.9 Å². The lowest BCUT2D eigenvalue weighted by Crippen LogP contribution is -1.75. The summed E-state index contributed by atoms with van der Waals surface area (Å²) < 4.78 is 21.1. The highest BCUT2D eigenvalue weighted by Gasteiger charge is 1.89. The van der Waals surface area contributed by atoms with Crippen molar-refractivity contribution in [3.05, 3.63) is 29.8 Å². The number of rotatable bonds is 2. The minimum Gasteiger partial charge on any atom is -0.130 e. The number of hydrogen-bond acceptors (Lipinski definition) is 1. The molecule has 0 aliphatic carbocycles. The SMILES string of the molecule is [2H]C([2H])([2H])Sc1ccc(CCl)cc1. The molecule has 0 fully saturated rings. The highest BCUT2D eigenvalue weighted by Crippen LogP contribution is 2.15. The van der Waals surface area contributed by atoms with Crippen LogP contribution in [0.5, 0.6) is 0 Å². The van der Waals surface area contributed by atoms with Gasteiger partial charge in [0, 0.05) is 14.9 Å². The van der Waals surface area contributed by atoms with E-state index in [1.165, 1.54) is 0 Å². The molecule has 0 heterocycles. The van der Waals surface area contributed by atoms with E-state index in [4.69, 9.17) is 15.7 Å². The molecule has 0 saturated carbocycles. The predicted molar refractivity (Wildman–Crippen MR) is 47.8 cm³/mol. The lowest BCUT2D eigenvalue weighted by atomic mass is 10.2. The van der Waals surface area contributed by atoms with Gasteiger partial charge in [-0.3, -0.25) is 0 Å². The van der Waals surface area contributed by atoms with Crippen molar-refractivity contribution in [2.75, 3.05) is 6.18 Å². The van der Waals surface area contributed by atoms with Crippen molar-refractivity contribution in [2.24, 2.45) is 0 Å². The molecule has 54 valence electrons. The van der Waals surface area contributed by atoms with Crippen molar-refractivity contribution < 1.29 is 4.11 Å². The molecule has 0 atom stereocenters. The molecule has 1 rings (SSSR count). The molecule has 0 amide bonds. The van der Waals surface area contributed by atoms with Crippen LogP contribution in [0.3, 0.4) is 0 Å². The fourth-order valence-corrected chi connectivity index (χ4v) is 1.10. The van der Waals surface area contributed by atoms with Gasteiger partial charge in [0.15, 0.2) is 0 Å². The molecule has 0 saturated heterocycles. The van der Waals surface area contributed by atoms with E-state index < -0.39 is 6.18 Å². The Balaban J connectivity index is 2.70. The molecule has 2 heteroatoms. The third-order valence-electron chi connectivity index (χ3n) is 1.20. The van der Waals surface area contributed by atoms with Crippen LogP contribution in [0.1, 0.15) is 9.68 Å². The van der Waals surface area contributed by atoms with E-state index in [1.54, 1.807) is 12.1 Å². The van der Waals surface area contributed by atoms with E-state index in [0.29, 0.717) is 5.88 Å². The van der Waals surface area contributed by atoms with Gasteiger partial charge in [-0.25, -0.2) is 0 Å². The van der Waals surface area contributed by atoms with Crippen LogP contribution in [0.25, 0.3) is 0 Å². The number of benzene rings is 1. The van der Waals surface area contributed by atoms with Crippen molar-refractivity contribution in [2.45, 2.75) is 10.8 Å². The molecule has 0 aromatic heterocycles. The molecule has 10 heavy (non-hydrogen) atoms. The Kier molecular flexibility index (Phi) is 1.82. The van der Waals surface area contributed by atoms with Gasteiger partial charge in [0.1, 0.15) is 0 Å². The Hall–Kier alpha value is -0.140. The van der Waals surface area contributed by atoms with Gasteiger partial charge in [-0.15, -0.1) is 23.4 Å². The van der Waals surface area contributed by atoms with Crippen LogP contribution < -0.4 is 0 Å². The molecule has 0 aliphatic rings. The second-order valence-electron chi connectivity index (χ2n) is 1.88. The first-order valence-electron chi connectivity index (χ1n) is 4.35. The third-order valence-corrected chi connectivity index (χ3v) is 2.01. The minimum atomic E-state index is -1.97. The average molecular weight is 176 g/mol. The highest BCUT2D eigenvalue weighted by molar-refractivity contribution is 7.98. The Morgan fingerprint density at radius 3 is 2.70 bits per heavy atom. The molecule has 0 unspecified atom stereocenters. The fraction of sp³-hybridized carbons (Fsp3) is 0.250. The van der Waals surface area contributed by atoms with E-state index in [9.17, 15) is 0 Å². The number of hydrogen-bond donors (Lipinski definition) is 0. The summed E-state index contributed by atoms with van der Waals surface area (Å²) in [5.74, 6) is 0.457. The normalized spacial score (nSPS) is 15.5. The number of thioether (sulfide) groups is 1. The van der Waals surface area contributed by atoms with Gasteiger partial charge in [0.25, 0.3) is 0 Å². The molecule has 0 nitrogen and oxygen atoms in total. The number of halogens is 1. The summed E-state index contributed by atoms with van der Waals surface area (Å²) in [5, 5.41) is 0. The molecule has 1 aromatic rings. The van der Waals surface area contributed by atoms with Crippen LogP contribution in [-0.2, 0) is 5.88 Å².